The van der Waals surface area contributed by atoms with E-state index >= 15 is 0 Å². The van der Waals surface area contributed by atoms with Crippen molar-refractivity contribution in [2.24, 2.45) is 5.92 Å². The summed E-state index contributed by atoms with van der Waals surface area (Å²) in [5.41, 5.74) is 7.08. The number of allylic oxidation sites excluding steroid dienone is 2. The molecular formula is C36H32N2O2S. The largest absolute Gasteiger partial charge is 0.436 e. The molecule has 0 saturated carbocycles. The van der Waals surface area contributed by atoms with Gasteiger partial charge in [-0.05, 0) is 66.8 Å². The number of carbonyl (C=O) groups is 1. The zero-order chi connectivity index (χ0) is 27.9. The average molecular weight is 557 g/mol. The molecule has 1 aromatic heterocycles. The van der Waals surface area contributed by atoms with Crippen molar-refractivity contribution < 1.29 is 9.21 Å². The van der Waals surface area contributed by atoms with Crippen molar-refractivity contribution in [3.8, 4) is 22.6 Å². The molecule has 6 rings (SSSR count). The maximum Gasteiger partial charge on any atom is 0.261 e. The fraction of sp³-hybridized carbons (Fsp3) is 0.167. The van der Waals surface area contributed by atoms with Gasteiger partial charge >= 0.3 is 0 Å². The highest BCUT2D eigenvalue weighted by Gasteiger charge is 2.26. The molecule has 4 aromatic carbocycles. The first-order chi connectivity index (χ1) is 20.2. The molecule has 0 radical (unpaired) electrons. The third-order valence-corrected chi connectivity index (χ3v) is 8.24. The van der Waals surface area contributed by atoms with Crippen LogP contribution in [-0.4, -0.2) is 10.9 Å². The highest BCUT2D eigenvalue weighted by molar-refractivity contribution is 7.97. The Bertz CT molecular complexity index is 1570. The van der Waals surface area contributed by atoms with Crippen LogP contribution in [0.25, 0.3) is 28.2 Å². The zero-order valence-corrected chi connectivity index (χ0v) is 23.6. The lowest BCUT2D eigenvalue weighted by Gasteiger charge is -2.22. The standard InChI is InChI=1S/C36H32N2O2S/c39-35(38-41-25-26-13-4-1-5-14-26)31-21-12-15-27(24-31)23-30-20-10-11-22-32(30)36-37-33(28-16-6-2-7-17-28)34(40-36)29-18-8-3-9-19-29/h1-9,12-19,21-22,24,30H,10-11,20,23,25H2,(H,38,39)/t30-/m0/s1. The van der Waals surface area contributed by atoms with Crippen LogP contribution in [0.15, 0.2) is 126 Å². The molecule has 41 heavy (non-hydrogen) atoms. The number of rotatable bonds is 9. The summed E-state index contributed by atoms with van der Waals surface area (Å²) in [4.78, 5) is 18.0. The minimum atomic E-state index is -0.0695. The predicted octanol–water partition coefficient (Wildman–Crippen LogP) is 9.01. The van der Waals surface area contributed by atoms with Crippen molar-refractivity contribution in [3.63, 3.8) is 0 Å². The molecular weight excluding hydrogens is 524 g/mol. The summed E-state index contributed by atoms with van der Waals surface area (Å²) in [6.07, 6.45) is 6.31. The molecule has 0 spiro atoms. The Labute approximate surface area is 245 Å². The van der Waals surface area contributed by atoms with Gasteiger partial charge in [0.2, 0.25) is 5.89 Å². The Balaban J connectivity index is 1.21. The molecule has 1 aliphatic carbocycles. The minimum Gasteiger partial charge on any atom is -0.436 e. The quantitative estimate of drug-likeness (QED) is 0.184. The summed E-state index contributed by atoms with van der Waals surface area (Å²) < 4.78 is 9.55. The maximum atomic E-state index is 12.9. The molecule has 0 fully saturated rings. The SMILES string of the molecule is O=C(NSCc1ccccc1)c1cccc(C[C@@H]2CCCC=C2c2nc(-c3ccccc3)c(-c3ccccc3)o2)c1. The number of hydrogen-bond donors (Lipinski definition) is 1. The van der Waals surface area contributed by atoms with Crippen molar-refractivity contribution in [1.29, 1.82) is 0 Å². The predicted molar refractivity (Wildman–Crippen MR) is 168 cm³/mol. The number of carbonyl (C=O) groups excluding carboxylic acids is 1. The van der Waals surface area contributed by atoms with E-state index in [0.717, 1.165) is 65.2 Å². The van der Waals surface area contributed by atoms with Gasteiger partial charge < -0.3 is 4.42 Å². The molecule has 0 aliphatic heterocycles. The molecule has 0 bridgehead atoms. The van der Waals surface area contributed by atoms with Crippen LogP contribution >= 0.6 is 11.9 Å². The molecule has 5 heteroatoms. The lowest BCUT2D eigenvalue weighted by Crippen LogP contribution is -2.17. The van der Waals surface area contributed by atoms with Crippen LogP contribution in [0.1, 0.15) is 46.6 Å². The molecule has 1 N–H and O–H groups in total. The third kappa shape index (κ3) is 6.53. The summed E-state index contributed by atoms with van der Waals surface area (Å²) in [5, 5.41) is 0. The van der Waals surface area contributed by atoms with Gasteiger partial charge in [0, 0.05) is 28.0 Å². The Morgan fingerprint density at radius 3 is 2.27 bits per heavy atom. The van der Waals surface area contributed by atoms with Gasteiger partial charge in [0.25, 0.3) is 5.91 Å². The van der Waals surface area contributed by atoms with Crippen LogP contribution < -0.4 is 4.72 Å². The number of oxazole rings is 1. The molecule has 1 heterocycles. The van der Waals surface area contributed by atoms with Gasteiger partial charge in [-0.3, -0.25) is 9.52 Å². The highest BCUT2D eigenvalue weighted by Crippen LogP contribution is 2.40. The normalized spacial score (nSPS) is 14.8. The van der Waals surface area contributed by atoms with Gasteiger partial charge in [-0.2, -0.15) is 0 Å². The molecule has 0 saturated heterocycles. The van der Waals surface area contributed by atoms with Crippen molar-refractivity contribution in [2.45, 2.75) is 31.4 Å². The zero-order valence-electron chi connectivity index (χ0n) is 22.8. The van der Waals surface area contributed by atoms with E-state index < -0.39 is 0 Å². The van der Waals surface area contributed by atoms with E-state index in [1.807, 2.05) is 72.8 Å². The van der Waals surface area contributed by atoms with Crippen molar-refractivity contribution in [2.75, 3.05) is 0 Å². The van der Waals surface area contributed by atoms with Gasteiger partial charge in [-0.25, -0.2) is 4.98 Å². The lowest BCUT2D eigenvalue weighted by molar-refractivity contribution is 0.0984. The molecule has 5 aromatic rings. The first kappa shape index (κ1) is 26.9. The van der Waals surface area contributed by atoms with E-state index in [2.05, 4.69) is 53.3 Å². The topological polar surface area (TPSA) is 55.1 Å². The van der Waals surface area contributed by atoms with E-state index in [4.69, 9.17) is 9.40 Å². The summed E-state index contributed by atoms with van der Waals surface area (Å²) in [6, 6.07) is 38.6. The van der Waals surface area contributed by atoms with Crippen LogP contribution in [0.2, 0.25) is 0 Å². The fourth-order valence-corrected chi connectivity index (χ4v) is 6.06. The average Bonchev–Trinajstić information content (AvgIpc) is 3.48. The second kappa shape index (κ2) is 12.9. The summed E-state index contributed by atoms with van der Waals surface area (Å²) in [6.45, 7) is 0. The summed E-state index contributed by atoms with van der Waals surface area (Å²) >= 11 is 1.42. The number of amides is 1. The van der Waals surface area contributed by atoms with Gasteiger partial charge in [0.05, 0.1) is 0 Å². The fourth-order valence-electron chi connectivity index (χ4n) is 5.38. The third-order valence-electron chi connectivity index (χ3n) is 7.44. The first-order valence-electron chi connectivity index (χ1n) is 14.1. The molecule has 4 nitrogen and oxygen atoms in total. The number of nitrogens with zero attached hydrogens (tertiary/aromatic N) is 1. The summed E-state index contributed by atoms with van der Waals surface area (Å²) in [7, 11) is 0. The van der Waals surface area contributed by atoms with Gasteiger partial charge in [0.1, 0.15) is 5.69 Å². The number of benzene rings is 4. The Morgan fingerprint density at radius 1 is 0.829 bits per heavy atom. The van der Waals surface area contributed by atoms with E-state index in [1.165, 1.54) is 17.5 Å². The molecule has 1 atom stereocenters. The van der Waals surface area contributed by atoms with Crippen molar-refractivity contribution >= 4 is 23.4 Å². The Morgan fingerprint density at radius 2 is 1.51 bits per heavy atom. The van der Waals surface area contributed by atoms with Crippen molar-refractivity contribution in [1.82, 2.24) is 9.71 Å². The number of nitrogens with one attached hydrogen (secondary N) is 1. The Kier molecular flexibility index (Phi) is 8.43. The molecule has 1 aliphatic rings. The van der Waals surface area contributed by atoms with Crippen LogP contribution in [0, 0.1) is 5.92 Å². The first-order valence-corrected chi connectivity index (χ1v) is 15.1. The van der Waals surface area contributed by atoms with Crippen LogP contribution in [0.3, 0.4) is 0 Å². The van der Waals surface area contributed by atoms with E-state index in [9.17, 15) is 4.79 Å². The van der Waals surface area contributed by atoms with Crippen LogP contribution in [0.5, 0.6) is 0 Å². The maximum absolute atomic E-state index is 12.9. The second-order valence-corrected chi connectivity index (χ2v) is 11.1. The summed E-state index contributed by atoms with van der Waals surface area (Å²) in [5.74, 6) is 2.41. The molecule has 0 unspecified atom stereocenters. The number of hydrogen-bond acceptors (Lipinski definition) is 4. The van der Waals surface area contributed by atoms with E-state index in [-0.39, 0.29) is 11.8 Å². The lowest BCUT2D eigenvalue weighted by atomic mass is 9.83. The molecule has 204 valence electrons. The van der Waals surface area contributed by atoms with Crippen LogP contribution in [-0.2, 0) is 12.2 Å². The van der Waals surface area contributed by atoms with E-state index in [0.29, 0.717) is 11.5 Å². The van der Waals surface area contributed by atoms with Gasteiger partial charge in [-0.1, -0.05) is 109 Å². The van der Waals surface area contributed by atoms with Crippen LogP contribution in [0.4, 0.5) is 0 Å². The smallest absolute Gasteiger partial charge is 0.261 e. The molecule has 1 amide bonds. The van der Waals surface area contributed by atoms with Crippen molar-refractivity contribution in [3.05, 3.63) is 144 Å². The monoisotopic (exact) mass is 556 g/mol. The minimum absolute atomic E-state index is 0.0695. The Hall–Kier alpha value is -4.35. The van der Waals surface area contributed by atoms with Gasteiger partial charge in [-0.15, -0.1) is 0 Å². The number of aromatic nitrogens is 1. The van der Waals surface area contributed by atoms with E-state index in [1.54, 1.807) is 0 Å². The highest BCUT2D eigenvalue weighted by atomic mass is 32.2. The van der Waals surface area contributed by atoms with Gasteiger partial charge in [0.15, 0.2) is 5.76 Å². The second-order valence-electron chi connectivity index (χ2n) is 10.3.